The van der Waals surface area contributed by atoms with E-state index in [1.54, 1.807) is 48.5 Å². The van der Waals surface area contributed by atoms with Crippen LogP contribution in [0.25, 0.3) is 0 Å². The van der Waals surface area contributed by atoms with Crippen LogP contribution in [-0.4, -0.2) is 43.8 Å². The van der Waals surface area contributed by atoms with E-state index in [-0.39, 0.29) is 34.6 Å². The first-order valence-corrected chi connectivity index (χ1v) is 17.2. The Labute approximate surface area is 288 Å². The van der Waals surface area contributed by atoms with Crippen molar-refractivity contribution in [1.82, 2.24) is 10.2 Å². The molecule has 0 unspecified atom stereocenters. The lowest BCUT2D eigenvalue weighted by molar-refractivity contribution is -0.140. The zero-order valence-corrected chi connectivity index (χ0v) is 28.5. The number of rotatable bonds is 13. The highest BCUT2D eigenvalue weighted by molar-refractivity contribution is 7.92. The Morgan fingerprint density at radius 2 is 1.52 bits per heavy atom. The van der Waals surface area contributed by atoms with Gasteiger partial charge in [0, 0.05) is 29.1 Å². The molecule has 0 aliphatic heterocycles. The van der Waals surface area contributed by atoms with Gasteiger partial charge in [-0.05, 0) is 66.9 Å². The molecule has 0 aliphatic rings. The number of amides is 2. The molecular formula is C35H34Cl2F3N3O4S. The van der Waals surface area contributed by atoms with Crippen LogP contribution in [0.4, 0.5) is 18.9 Å². The monoisotopic (exact) mass is 719 g/mol. The molecule has 0 aromatic heterocycles. The maximum Gasteiger partial charge on any atom is 0.416 e. The Morgan fingerprint density at radius 3 is 2.12 bits per heavy atom. The largest absolute Gasteiger partial charge is 0.416 e. The maximum absolute atomic E-state index is 14.5. The fourth-order valence-electron chi connectivity index (χ4n) is 4.91. The van der Waals surface area contributed by atoms with Gasteiger partial charge in [-0.3, -0.25) is 13.9 Å². The van der Waals surface area contributed by atoms with E-state index < -0.39 is 46.2 Å². The third-order valence-electron chi connectivity index (χ3n) is 7.70. The topological polar surface area (TPSA) is 86.8 Å². The minimum Gasteiger partial charge on any atom is -0.352 e. The molecule has 0 bridgehead atoms. The third-order valence-corrected chi connectivity index (χ3v) is 10.1. The van der Waals surface area contributed by atoms with Crippen molar-refractivity contribution in [2.45, 2.75) is 56.4 Å². The molecule has 13 heteroatoms. The average Bonchev–Trinajstić information content (AvgIpc) is 3.06. The Bertz CT molecular complexity index is 1830. The number of halogens is 5. The lowest BCUT2D eigenvalue weighted by atomic mass is 10.0. The Balaban J connectivity index is 1.86. The number of nitrogens with one attached hydrogen (secondary N) is 1. The first kappa shape index (κ1) is 36.8. The summed E-state index contributed by atoms with van der Waals surface area (Å²) in [5.74, 6) is -1.35. The van der Waals surface area contributed by atoms with Gasteiger partial charge in [0.05, 0.1) is 16.1 Å². The van der Waals surface area contributed by atoms with Crippen molar-refractivity contribution in [3.05, 3.63) is 130 Å². The van der Waals surface area contributed by atoms with Crippen LogP contribution < -0.4 is 9.62 Å². The summed E-state index contributed by atoms with van der Waals surface area (Å²) in [6, 6.07) is 22.9. The van der Waals surface area contributed by atoms with Crippen LogP contribution in [0.3, 0.4) is 0 Å². The summed E-state index contributed by atoms with van der Waals surface area (Å²) in [7, 11) is -4.58. The minimum absolute atomic E-state index is 0.0506. The predicted molar refractivity (Wildman–Crippen MR) is 181 cm³/mol. The second-order valence-electron chi connectivity index (χ2n) is 11.2. The number of nitrogens with zero attached hydrogens (tertiary/aromatic N) is 2. The quantitative estimate of drug-likeness (QED) is 0.153. The van der Waals surface area contributed by atoms with E-state index in [4.69, 9.17) is 23.2 Å². The number of benzene rings is 4. The molecule has 0 saturated carbocycles. The van der Waals surface area contributed by atoms with Gasteiger partial charge in [0.25, 0.3) is 10.0 Å². The molecule has 0 radical (unpaired) electrons. The molecule has 7 nitrogen and oxygen atoms in total. The minimum atomic E-state index is -4.78. The second-order valence-corrected chi connectivity index (χ2v) is 13.9. The highest BCUT2D eigenvalue weighted by Gasteiger charge is 2.37. The number of carbonyl (C=O) groups is 2. The van der Waals surface area contributed by atoms with Crippen molar-refractivity contribution in [2.75, 3.05) is 10.8 Å². The molecule has 0 aliphatic carbocycles. The molecule has 0 fully saturated rings. The second kappa shape index (κ2) is 15.9. The van der Waals surface area contributed by atoms with Gasteiger partial charge in [0.1, 0.15) is 12.6 Å². The highest BCUT2D eigenvalue weighted by atomic mass is 35.5. The van der Waals surface area contributed by atoms with Crippen molar-refractivity contribution in [3.63, 3.8) is 0 Å². The van der Waals surface area contributed by atoms with E-state index in [0.717, 1.165) is 12.1 Å². The number of hydrogen-bond acceptors (Lipinski definition) is 4. The molecule has 2 amide bonds. The van der Waals surface area contributed by atoms with Crippen molar-refractivity contribution in [1.29, 1.82) is 0 Å². The number of anilines is 1. The Morgan fingerprint density at radius 1 is 0.875 bits per heavy atom. The van der Waals surface area contributed by atoms with Crippen molar-refractivity contribution in [2.24, 2.45) is 0 Å². The van der Waals surface area contributed by atoms with E-state index in [9.17, 15) is 31.2 Å². The molecular weight excluding hydrogens is 686 g/mol. The van der Waals surface area contributed by atoms with Crippen LogP contribution in [0.5, 0.6) is 0 Å². The third kappa shape index (κ3) is 9.30. The molecule has 4 rings (SSSR count). The van der Waals surface area contributed by atoms with Gasteiger partial charge in [0.15, 0.2) is 0 Å². The Kier molecular flexibility index (Phi) is 12.2. The summed E-state index contributed by atoms with van der Waals surface area (Å²) in [5.41, 5.74) is -0.343. The molecule has 1 N–H and O–H groups in total. The molecule has 4 aromatic rings. The zero-order chi connectivity index (χ0) is 35.1. The number of sulfonamides is 1. The molecule has 48 heavy (non-hydrogen) atoms. The van der Waals surface area contributed by atoms with Crippen LogP contribution in [0, 0.1) is 0 Å². The van der Waals surface area contributed by atoms with Gasteiger partial charge in [0.2, 0.25) is 11.8 Å². The summed E-state index contributed by atoms with van der Waals surface area (Å²) < 4.78 is 70.0. The van der Waals surface area contributed by atoms with Crippen molar-refractivity contribution in [3.8, 4) is 0 Å². The molecule has 0 spiro atoms. The van der Waals surface area contributed by atoms with E-state index in [1.165, 1.54) is 41.3 Å². The summed E-state index contributed by atoms with van der Waals surface area (Å²) in [5, 5.41) is 3.45. The van der Waals surface area contributed by atoms with Crippen LogP contribution in [0.15, 0.2) is 108 Å². The summed E-state index contributed by atoms with van der Waals surface area (Å²) >= 11 is 12.6. The SMILES string of the molecule is CC[C@H](C)NC(=O)[C@H](Cc1ccccc1)N(Cc1ccc(Cl)cc1Cl)C(=O)CN(c1cccc(C(F)(F)F)c1)S(=O)(=O)c1ccccc1. The van der Waals surface area contributed by atoms with Gasteiger partial charge in [-0.25, -0.2) is 8.42 Å². The van der Waals surface area contributed by atoms with Crippen LogP contribution >= 0.6 is 23.2 Å². The predicted octanol–water partition coefficient (Wildman–Crippen LogP) is 7.76. The molecule has 4 aromatic carbocycles. The fourth-order valence-corrected chi connectivity index (χ4v) is 6.81. The van der Waals surface area contributed by atoms with Gasteiger partial charge < -0.3 is 10.2 Å². The van der Waals surface area contributed by atoms with Crippen LogP contribution in [0.1, 0.15) is 37.0 Å². The first-order valence-electron chi connectivity index (χ1n) is 15.0. The highest BCUT2D eigenvalue weighted by Crippen LogP contribution is 2.34. The summed E-state index contributed by atoms with van der Waals surface area (Å²) in [6.45, 7) is 2.53. The van der Waals surface area contributed by atoms with Crippen molar-refractivity contribution >= 4 is 50.7 Å². The fraction of sp³-hybridized carbons (Fsp3) is 0.257. The van der Waals surface area contributed by atoms with Gasteiger partial charge >= 0.3 is 6.18 Å². The molecule has 254 valence electrons. The van der Waals surface area contributed by atoms with Crippen LogP contribution in [-0.2, 0) is 38.8 Å². The van der Waals surface area contributed by atoms with E-state index >= 15 is 0 Å². The van der Waals surface area contributed by atoms with Gasteiger partial charge in [-0.15, -0.1) is 0 Å². The number of hydrogen-bond donors (Lipinski definition) is 1. The van der Waals surface area contributed by atoms with Crippen molar-refractivity contribution < 1.29 is 31.2 Å². The van der Waals surface area contributed by atoms with E-state index in [2.05, 4.69) is 5.32 Å². The van der Waals surface area contributed by atoms with E-state index in [0.29, 0.717) is 32.9 Å². The number of carbonyl (C=O) groups excluding carboxylic acids is 2. The smallest absolute Gasteiger partial charge is 0.352 e. The normalized spacial score (nSPS) is 13.0. The standard InChI is InChI=1S/C35H34Cl2F3N3O4S/c1-3-24(2)41-34(45)32(19-25-11-6-4-7-12-25)42(22-26-17-18-28(36)21-31(26)37)33(44)23-43(48(46,47)30-15-8-5-9-16-30)29-14-10-13-27(20-29)35(38,39)40/h4-18,20-21,24,32H,3,19,22-23H2,1-2H3,(H,41,45)/t24-,32-/m0/s1. The molecule has 0 heterocycles. The maximum atomic E-state index is 14.5. The lowest BCUT2D eigenvalue weighted by Crippen LogP contribution is -2.54. The number of alkyl halides is 3. The van der Waals surface area contributed by atoms with Gasteiger partial charge in [-0.2, -0.15) is 13.2 Å². The molecule has 2 atom stereocenters. The molecule has 0 saturated heterocycles. The Hall–Kier alpha value is -4.06. The van der Waals surface area contributed by atoms with Crippen LogP contribution in [0.2, 0.25) is 10.0 Å². The summed E-state index contributed by atoms with van der Waals surface area (Å²) in [6.07, 6.45) is -4.14. The zero-order valence-electron chi connectivity index (χ0n) is 26.1. The van der Waals surface area contributed by atoms with Gasteiger partial charge in [-0.1, -0.05) is 90.8 Å². The average molecular weight is 721 g/mol. The summed E-state index contributed by atoms with van der Waals surface area (Å²) in [4.78, 5) is 29.4. The lowest BCUT2D eigenvalue weighted by Gasteiger charge is -2.34. The van der Waals surface area contributed by atoms with E-state index in [1.807, 2.05) is 13.8 Å². The first-order chi connectivity index (χ1) is 22.7.